The SMILES string of the molecule is C#Cn1ncc(C(=O)Nc2cc(C)nn2-c2cc(C)ccc2Cl)c1N=CC. The lowest BCUT2D eigenvalue weighted by Crippen LogP contribution is -2.15. The minimum atomic E-state index is -0.401. The smallest absolute Gasteiger partial charge is 0.262 e. The number of anilines is 1. The average molecular weight is 381 g/mol. The van der Waals surface area contributed by atoms with Crippen LogP contribution >= 0.6 is 11.6 Å². The number of nitrogens with zero attached hydrogens (tertiary/aromatic N) is 5. The van der Waals surface area contributed by atoms with Gasteiger partial charge in [0.25, 0.3) is 5.91 Å². The molecule has 136 valence electrons. The monoisotopic (exact) mass is 380 g/mol. The number of rotatable bonds is 4. The van der Waals surface area contributed by atoms with Crippen LogP contribution in [0.15, 0.2) is 35.5 Å². The number of amides is 1. The van der Waals surface area contributed by atoms with Crippen LogP contribution in [-0.2, 0) is 0 Å². The molecule has 2 aromatic heterocycles. The first-order chi connectivity index (χ1) is 12.9. The van der Waals surface area contributed by atoms with Crippen LogP contribution in [0.1, 0.15) is 28.5 Å². The van der Waals surface area contributed by atoms with Gasteiger partial charge in [0.15, 0.2) is 5.82 Å². The summed E-state index contributed by atoms with van der Waals surface area (Å²) in [7, 11) is 0. The number of carbonyl (C=O) groups excluding carboxylic acids is 1. The highest BCUT2D eigenvalue weighted by Gasteiger charge is 2.19. The second-order valence-corrected chi connectivity index (χ2v) is 6.21. The molecule has 3 rings (SSSR count). The van der Waals surface area contributed by atoms with Crippen molar-refractivity contribution in [3.63, 3.8) is 0 Å². The molecule has 1 amide bonds. The topological polar surface area (TPSA) is 77.1 Å². The number of aryl methyl sites for hydroxylation is 2. The summed E-state index contributed by atoms with van der Waals surface area (Å²) in [4.78, 5) is 16.9. The van der Waals surface area contributed by atoms with E-state index < -0.39 is 5.91 Å². The fraction of sp³-hybridized carbons (Fsp3) is 0.158. The van der Waals surface area contributed by atoms with Crippen molar-refractivity contribution < 1.29 is 4.79 Å². The molecule has 0 aliphatic heterocycles. The minimum Gasteiger partial charge on any atom is -0.306 e. The summed E-state index contributed by atoms with van der Waals surface area (Å²) in [5, 5.41) is 11.8. The zero-order valence-electron chi connectivity index (χ0n) is 15.1. The number of halogens is 1. The Morgan fingerprint density at radius 2 is 2.15 bits per heavy atom. The molecule has 1 N–H and O–H groups in total. The molecule has 0 saturated heterocycles. The van der Waals surface area contributed by atoms with E-state index in [1.165, 1.54) is 10.9 Å². The number of aromatic nitrogens is 4. The van der Waals surface area contributed by atoms with Gasteiger partial charge in [0, 0.05) is 18.3 Å². The van der Waals surface area contributed by atoms with Gasteiger partial charge in [-0.2, -0.15) is 14.9 Å². The molecule has 2 heterocycles. The fourth-order valence-corrected chi connectivity index (χ4v) is 2.78. The number of terminal acetylenes is 1. The van der Waals surface area contributed by atoms with Crippen LogP contribution < -0.4 is 5.32 Å². The fourth-order valence-electron chi connectivity index (χ4n) is 2.58. The molecule has 0 aliphatic rings. The van der Waals surface area contributed by atoms with Gasteiger partial charge in [0.05, 0.1) is 22.6 Å². The molecular formula is C19H17ClN6O. The highest BCUT2D eigenvalue weighted by molar-refractivity contribution is 6.32. The summed E-state index contributed by atoms with van der Waals surface area (Å²) in [5.41, 5.74) is 2.68. The number of hydrogen-bond acceptors (Lipinski definition) is 4. The average Bonchev–Trinajstić information content (AvgIpc) is 3.20. The van der Waals surface area contributed by atoms with Crippen LogP contribution in [0.4, 0.5) is 11.6 Å². The van der Waals surface area contributed by atoms with Crippen molar-refractivity contribution in [2.45, 2.75) is 20.8 Å². The predicted molar refractivity (Wildman–Crippen MR) is 106 cm³/mol. The van der Waals surface area contributed by atoms with E-state index in [4.69, 9.17) is 18.0 Å². The summed E-state index contributed by atoms with van der Waals surface area (Å²) < 4.78 is 2.80. The van der Waals surface area contributed by atoms with Gasteiger partial charge in [0.1, 0.15) is 11.4 Å². The van der Waals surface area contributed by atoms with E-state index in [2.05, 4.69) is 26.6 Å². The first kappa shape index (κ1) is 18.4. The lowest BCUT2D eigenvalue weighted by Gasteiger charge is -2.11. The Labute approximate surface area is 161 Å². The molecule has 7 nitrogen and oxygen atoms in total. The summed E-state index contributed by atoms with van der Waals surface area (Å²) in [6.45, 7) is 5.52. The first-order valence-corrected chi connectivity index (χ1v) is 8.50. The Morgan fingerprint density at radius 1 is 1.37 bits per heavy atom. The van der Waals surface area contributed by atoms with Gasteiger partial charge in [-0.1, -0.05) is 24.1 Å². The third-order valence-electron chi connectivity index (χ3n) is 3.77. The van der Waals surface area contributed by atoms with Crippen molar-refractivity contribution in [3.8, 4) is 18.2 Å². The van der Waals surface area contributed by atoms with Crippen LogP contribution in [0.2, 0.25) is 5.02 Å². The van der Waals surface area contributed by atoms with Gasteiger partial charge >= 0.3 is 0 Å². The van der Waals surface area contributed by atoms with Gasteiger partial charge < -0.3 is 5.32 Å². The van der Waals surface area contributed by atoms with Crippen molar-refractivity contribution in [1.29, 1.82) is 0 Å². The normalized spacial score (nSPS) is 10.9. The molecule has 1 aromatic carbocycles. The molecule has 0 fully saturated rings. The Hall–Kier alpha value is -3.37. The molecule has 0 unspecified atom stereocenters. The van der Waals surface area contributed by atoms with Crippen molar-refractivity contribution in [3.05, 3.63) is 52.3 Å². The van der Waals surface area contributed by atoms with Crippen molar-refractivity contribution in [2.24, 2.45) is 4.99 Å². The van der Waals surface area contributed by atoms with Crippen LogP contribution in [0.3, 0.4) is 0 Å². The first-order valence-electron chi connectivity index (χ1n) is 8.12. The standard InChI is InChI=1S/C19H17ClN6O/c1-5-21-18-14(11-22-25(18)6-2)19(27)23-17-10-13(4)24-26(17)16-9-12(3)7-8-15(16)20/h2,5,7-11H,1,3-4H3,(H,23,27). The van der Waals surface area contributed by atoms with Crippen LogP contribution in [-0.4, -0.2) is 31.7 Å². The molecule has 0 bridgehead atoms. The number of aliphatic imine (C=N–C) groups is 1. The molecule has 0 aliphatic carbocycles. The lowest BCUT2D eigenvalue weighted by atomic mass is 10.2. The molecule has 0 saturated carbocycles. The molecule has 27 heavy (non-hydrogen) atoms. The molecule has 3 aromatic rings. The molecular weight excluding hydrogens is 364 g/mol. The Kier molecular flexibility index (Phi) is 5.10. The molecule has 0 atom stereocenters. The highest BCUT2D eigenvalue weighted by Crippen LogP contribution is 2.26. The molecule has 0 spiro atoms. The zero-order chi connectivity index (χ0) is 19.6. The Bertz CT molecular complexity index is 1090. The van der Waals surface area contributed by atoms with Crippen LogP contribution in [0.25, 0.3) is 5.69 Å². The van der Waals surface area contributed by atoms with Crippen molar-refractivity contribution >= 4 is 35.4 Å². The molecule has 0 radical (unpaired) electrons. The van der Waals surface area contributed by atoms with E-state index in [0.717, 1.165) is 11.3 Å². The largest absolute Gasteiger partial charge is 0.306 e. The third kappa shape index (κ3) is 3.61. The van der Waals surface area contributed by atoms with Crippen LogP contribution in [0, 0.1) is 26.3 Å². The predicted octanol–water partition coefficient (Wildman–Crippen LogP) is 3.75. The number of carbonyl (C=O) groups is 1. The molecule has 8 heteroatoms. The highest BCUT2D eigenvalue weighted by atomic mass is 35.5. The van der Waals surface area contributed by atoms with Gasteiger partial charge in [-0.15, -0.1) is 0 Å². The van der Waals surface area contributed by atoms with E-state index in [0.29, 0.717) is 16.5 Å². The van der Waals surface area contributed by atoms with E-state index in [9.17, 15) is 4.79 Å². The second kappa shape index (κ2) is 7.48. The number of hydrogen-bond donors (Lipinski definition) is 1. The summed E-state index contributed by atoms with van der Waals surface area (Å²) in [5.74, 6) is 0.362. The maximum atomic E-state index is 12.8. The van der Waals surface area contributed by atoms with Gasteiger partial charge in [-0.3, -0.25) is 4.79 Å². The van der Waals surface area contributed by atoms with Crippen molar-refractivity contribution in [1.82, 2.24) is 19.6 Å². The number of nitrogens with one attached hydrogen (secondary N) is 1. The van der Waals surface area contributed by atoms with Gasteiger partial charge in [-0.25, -0.2) is 9.67 Å². The summed E-state index contributed by atoms with van der Waals surface area (Å²) in [6.07, 6.45) is 8.32. The summed E-state index contributed by atoms with van der Waals surface area (Å²) >= 11 is 6.33. The Balaban J connectivity index is 2.01. The quantitative estimate of drug-likeness (QED) is 0.553. The number of benzene rings is 1. The van der Waals surface area contributed by atoms with E-state index in [1.807, 2.05) is 26.0 Å². The van der Waals surface area contributed by atoms with E-state index in [1.54, 1.807) is 30.0 Å². The van der Waals surface area contributed by atoms with Crippen molar-refractivity contribution in [2.75, 3.05) is 5.32 Å². The Morgan fingerprint density at radius 3 is 2.85 bits per heavy atom. The van der Waals surface area contributed by atoms with E-state index >= 15 is 0 Å². The summed E-state index contributed by atoms with van der Waals surface area (Å²) in [6, 6.07) is 9.70. The maximum absolute atomic E-state index is 12.8. The van der Waals surface area contributed by atoms with Gasteiger partial charge in [0.2, 0.25) is 0 Å². The minimum absolute atomic E-state index is 0.256. The van der Waals surface area contributed by atoms with E-state index in [-0.39, 0.29) is 11.4 Å². The third-order valence-corrected chi connectivity index (χ3v) is 4.08. The zero-order valence-corrected chi connectivity index (χ0v) is 15.8. The maximum Gasteiger partial charge on any atom is 0.262 e. The van der Waals surface area contributed by atoms with Crippen LogP contribution in [0.5, 0.6) is 0 Å². The second-order valence-electron chi connectivity index (χ2n) is 5.80. The lowest BCUT2D eigenvalue weighted by molar-refractivity contribution is 0.102. The van der Waals surface area contributed by atoms with Gasteiger partial charge in [-0.05, 0) is 38.5 Å².